The lowest BCUT2D eigenvalue weighted by Crippen LogP contribution is -2.08. The van der Waals surface area contributed by atoms with E-state index in [1.807, 2.05) is 0 Å². The van der Waals surface area contributed by atoms with Gasteiger partial charge < -0.3 is 9.84 Å². The minimum Gasteiger partial charge on any atom is -0.477 e. The van der Waals surface area contributed by atoms with Crippen molar-refractivity contribution < 1.29 is 29.3 Å². The number of carbonyl (C=O) groups excluding carboxylic acids is 1. The third kappa shape index (κ3) is 6.11. The van der Waals surface area contributed by atoms with Crippen LogP contribution in [-0.2, 0) is 11.2 Å². The monoisotopic (exact) mass is 412 g/mol. The van der Waals surface area contributed by atoms with Crippen molar-refractivity contribution >= 4 is 23.3 Å². The van der Waals surface area contributed by atoms with Gasteiger partial charge in [0.2, 0.25) is 0 Å². The molecule has 0 unspecified atom stereocenters. The van der Waals surface area contributed by atoms with E-state index in [1.165, 1.54) is 36.4 Å². The van der Waals surface area contributed by atoms with Crippen molar-refractivity contribution in [2.45, 2.75) is 6.42 Å². The maximum absolute atomic E-state index is 11.3. The van der Waals surface area contributed by atoms with Gasteiger partial charge in [0.1, 0.15) is 17.2 Å². The van der Waals surface area contributed by atoms with Crippen molar-refractivity contribution in [1.29, 1.82) is 10.5 Å². The van der Waals surface area contributed by atoms with Crippen LogP contribution in [0.4, 0.5) is 11.4 Å². The Kier molecular flexibility index (Phi) is 8.59. The molecule has 0 aromatic heterocycles. The molecule has 0 bridgehead atoms. The van der Waals surface area contributed by atoms with E-state index in [4.69, 9.17) is 15.6 Å². The molecule has 2 rings (SSSR count). The molecule has 2 aromatic rings. The van der Waals surface area contributed by atoms with E-state index in [1.54, 1.807) is 12.1 Å². The fourth-order valence-corrected chi connectivity index (χ4v) is 2.19. The number of rotatable bonds is 6. The highest BCUT2D eigenvalue weighted by Gasteiger charge is 2.23. The predicted molar refractivity (Wildman–Crippen MR) is 98.4 cm³/mol. The number of benzene rings is 2. The highest BCUT2D eigenvalue weighted by molar-refractivity contribution is 5.94. The molecule has 12 heteroatoms. The maximum Gasteiger partial charge on any atom is 0.346 e. The average molecular weight is 412 g/mol. The number of nitro groups is 2. The molecule has 30 heavy (non-hydrogen) atoms. The molecular formula is C18H12N4O8. The predicted octanol–water partition coefficient (Wildman–Crippen LogP) is 2.63. The number of esters is 1. The Labute approximate surface area is 168 Å². The zero-order chi connectivity index (χ0) is 22.7. The Morgan fingerprint density at radius 1 is 0.967 bits per heavy atom. The molecule has 0 aliphatic rings. The number of nitrogens with zero attached hydrogens (tertiary/aromatic N) is 4. The number of hydrogen-bond donors (Lipinski definition) is 1. The van der Waals surface area contributed by atoms with Crippen LogP contribution in [0, 0.1) is 42.9 Å². The Morgan fingerprint density at radius 3 is 2.13 bits per heavy atom. The summed E-state index contributed by atoms with van der Waals surface area (Å²) in [5.74, 6) is -2.25. The lowest BCUT2D eigenvalue weighted by molar-refractivity contribution is -0.385. The minimum atomic E-state index is -1.37. The van der Waals surface area contributed by atoms with Crippen molar-refractivity contribution in [3.05, 3.63) is 79.4 Å². The Morgan fingerprint density at radius 2 is 1.60 bits per heavy atom. The molecule has 12 nitrogen and oxygen atoms in total. The van der Waals surface area contributed by atoms with Crippen LogP contribution in [0.3, 0.4) is 0 Å². The van der Waals surface area contributed by atoms with Crippen LogP contribution in [0.1, 0.15) is 26.3 Å². The van der Waals surface area contributed by atoms with E-state index in [9.17, 15) is 29.8 Å². The zero-order valence-electron chi connectivity index (χ0n) is 15.0. The first-order valence-electron chi connectivity index (χ1n) is 7.88. The summed E-state index contributed by atoms with van der Waals surface area (Å²) in [6.07, 6.45) is -0.183. The van der Waals surface area contributed by atoms with Gasteiger partial charge in [-0.15, -0.1) is 0 Å². The van der Waals surface area contributed by atoms with Crippen LogP contribution < -0.4 is 0 Å². The van der Waals surface area contributed by atoms with Crippen molar-refractivity contribution in [3.8, 4) is 12.1 Å². The Hall–Kier alpha value is -4.84. The molecule has 0 saturated heterocycles. The van der Waals surface area contributed by atoms with Crippen LogP contribution >= 0.6 is 0 Å². The van der Waals surface area contributed by atoms with Gasteiger partial charge in [-0.2, -0.15) is 10.5 Å². The second-order valence-corrected chi connectivity index (χ2v) is 5.22. The number of aromatic carboxylic acids is 1. The first-order valence-corrected chi connectivity index (χ1v) is 7.88. The molecule has 0 heterocycles. The fourth-order valence-electron chi connectivity index (χ4n) is 2.19. The van der Waals surface area contributed by atoms with Crippen molar-refractivity contribution in [2.75, 3.05) is 6.61 Å². The van der Waals surface area contributed by atoms with Crippen LogP contribution in [-0.4, -0.2) is 33.5 Å². The standard InChI is InChI=1S/2C9H6N2O4/c10-5-4-6-2-1-3-7(9(12)13)8(6)11(14)15;10-5-6-15-9(12)7-3-1-2-4-8(7)11(13)14/h1-3H,4H2,(H,12,13);1-4H,6H2. The molecule has 0 aliphatic carbocycles. The summed E-state index contributed by atoms with van der Waals surface area (Å²) in [7, 11) is 0. The number of carbonyl (C=O) groups is 2. The van der Waals surface area contributed by atoms with Crippen LogP contribution in [0.2, 0.25) is 0 Å². The van der Waals surface area contributed by atoms with Gasteiger partial charge in [-0.25, -0.2) is 9.59 Å². The molecule has 0 saturated carbocycles. The summed E-state index contributed by atoms with van der Waals surface area (Å²) in [6.45, 7) is -0.426. The van der Waals surface area contributed by atoms with Gasteiger partial charge >= 0.3 is 11.9 Å². The first kappa shape index (κ1) is 23.2. The number of nitro benzene ring substituents is 2. The third-order valence-electron chi connectivity index (χ3n) is 3.39. The molecule has 0 amide bonds. The quantitative estimate of drug-likeness (QED) is 0.418. The molecule has 2 aromatic carbocycles. The summed E-state index contributed by atoms with van der Waals surface area (Å²) in [5, 5.41) is 46.5. The molecule has 0 radical (unpaired) electrons. The number of carboxylic acid groups (broad SMARTS) is 1. The van der Waals surface area contributed by atoms with Gasteiger partial charge in [0, 0.05) is 11.6 Å². The Balaban J connectivity index is 0.000000300. The highest BCUT2D eigenvalue weighted by atomic mass is 16.6. The number of nitriles is 2. The lowest BCUT2D eigenvalue weighted by atomic mass is 10.1. The Bertz CT molecular complexity index is 1070. The highest BCUT2D eigenvalue weighted by Crippen LogP contribution is 2.24. The van der Waals surface area contributed by atoms with Crippen molar-refractivity contribution in [1.82, 2.24) is 0 Å². The van der Waals surface area contributed by atoms with Crippen LogP contribution in [0.25, 0.3) is 0 Å². The second-order valence-electron chi connectivity index (χ2n) is 5.22. The minimum absolute atomic E-state index is 0.113. The van der Waals surface area contributed by atoms with Crippen molar-refractivity contribution in [3.63, 3.8) is 0 Å². The van der Waals surface area contributed by atoms with Crippen LogP contribution in [0.15, 0.2) is 42.5 Å². The summed E-state index contributed by atoms with van der Waals surface area (Å²) in [6, 6.07) is 12.6. The zero-order valence-corrected chi connectivity index (χ0v) is 15.0. The van der Waals surface area contributed by atoms with Gasteiger partial charge in [-0.1, -0.05) is 24.3 Å². The smallest absolute Gasteiger partial charge is 0.346 e. The molecular weight excluding hydrogens is 400 g/mol. The summed E-state index contributed by atoms with van der Waals surface area (Å²) >= 11 is 0. The van der Waals surface area contributed by atoms with E-state index in [-0.39, 0.29) is 23.2 Å². The molecule has 152 valence electrons. The van der Waals surface area contributed by atoms with Crippen molar-refractivity contribution in [2.24, 2.45) is 0 Å². The first-order chi connectivity index (χ1) is 14.2. The second kappa shape index (κ2) is 11.1. The summed E-state index contributed by atoms with van der Waals surface area (Å²) < 4.78 is 4.46. The van der Waals surface area contributed by atoms with E-state index in [0.29, 0.717) is 0 Å². The van der Waals surface area contributed by atoms with E-state index in [2.05, 4.69) is 4.74 Å². The van der Waals surface area contributed by atoms with Gasteiger partial charge in [0.25, 0.3) is 11.4 Å². The topological polar surface area (TPSA) is 197 Å². The molecule has 0 atom stereocenters. The maximum atomic E-state index is 11.3. The number of para-hydroxylation sites is 2. The van der Waals surface area contributed by atoms with Gasteiger partial charge in [0.15, 0.2) is 6.61 Å². The normalized spacial score (nSPS) is 9.13. The number of ether oxygens (including phenoxy) is 1. The molecule has 0 spiro atoms. The largest absolute Gasteiger partial charge is 0.477 e. The van der Waals surface area contributed by atoms with Gasteiger partial charge in [-0.3, -0.25) is 20.2 Å². The molecule has 0 fully saturated rings. The van der Waals surface area contributed by atoms with Crippen LogP contribution in [0.5, 0.6) is 0 Å². The average Bonchev–Trinajstić information content (AvgIpc) is 2.72. The number of hydrogen-bond acceptors (Lipinski definition) is 9. The summed E-state index contributed by atoms with van der Waals surface area (Å²) in [5.41, 5.74) is -1.28. The van der Waals surface area contributed by atoms with E-state index < -0.39 is 39.6 Å². The fraction of sp³-hybridized carbons (Fsp3) is 0.111. The lowest BCUT2D eigenvalue weighted by Gasteiger charge is -2.01. The van der Waals surface area contributed by atoms with E-state index >= 15 is 0 Å². The van der Waals surface area contributed by atoms with Gasteiger partial charge in [0.05, 0.1) is 22.3 Å². The third-order valence-corrected chi connectivity index (χ3v) is 3.39. The molecule has 0 aliphatic heterocycles. The molecule has 1 N–H and O–H groups in total. The number of carboxylic acids is 1. The van der Waals surface area contributed by atoms with Gasteiger partial charge in [-0.05, 0) is 12.1 Å². The summed E-state index contributed by atoms with van der Waals surface area (Å²) in [4.78, 5) is 41.7. The SMILES string of the molecule is N#CCOC(=O)c1ccccc1[N+](=O)[O-].N#CCc1cccc(C(=O)O)c1[N+](=O)[O-]. The van der Waals surface area contributed by atoms with E-state index in [0.717, 1.165) is 6.07 Å².